The minimum atomic E-state index is -0.209. The van der Waals surface area contributed by atoms with Gasteiger partial charge in [0.25, 0.3) is 0 Å². The van der Waals surface area contributed by atoms with Gasteiger partial charge in [-0.25, -0.2) is 9.37 Å². The molecule has 5 heteroatoms. The Morgan fingerprint density at radius 3 is 2.56 bits per heavy atom. The Labute approximate surface area is 148 Å². The van der Waals surface area contributed by atoms with Crippen LogP contribution in [0.5, 0.6) is 0 Å². The molecule has 0 bridgehead atoms. The van der Waals surface area contributed by atoms with Crippen molar-refractivity contribution < 1.29 is 9.18 Å². The molecule has 134 valence electrons. The highest BCUT2D eigenvalue weighted by Gasteiger charge is 2.23. The predicted octanol–water partition coefficient (Wildman–Crippen LogP) is 3.57. The number of hydrogen-bond acceptors (Lipinski definition) is 2. The van der Waals surface area contributed by atoms with Crippen molar-refractivity contribution in [3.8, 4) is 0 Å². The zero-order chi connectivity index (χ0) is 17.8. The molecule has 0 unspecified atom stereocenters. The van der Waals surface area contributed by atoms with Crippen molar-refractivity contribution >= 4 is 5.91 Å². The molecule has 1 aromatic carbocycles. The van der Waals surface area contributed by atoms with Gasteiger partial charge in [-0.05, 0) is 43.4 Å². The lowest BCUT2D eigenvalue weighted by molar-refractivity contribution is -0.132. The number of amides is 1. The first-order chi connectivity index (χ1) is 12.1. The Morgan fingerprint density at radius 2 is 1.92 bits per heavy atom. The Morgan fingerprint density at radius 1 is 1.24 bits per heavy atom. The average molecular weight is 343 g/mol. The van der Waals surface area contributed by atoms with Crippen molar-refractivity contribution in [2.24, 2.45) is 5.92 Å². The molecule has 1 aliphatic heterocycles. The van der Waals surface area contributed by atoms with Gasteiger partial charge in [-0.15, -0.1) is 0 Å². The van der Waals surface area contributed by atoms with Crippen LogP contribution in [0, 0.1) is 18.7 Å². The van der Waals surface area contributed by atoms with E-state index in [-0.39, 0.29) is 11.7 Å². The van der Waals surface area contributed by atoms with E-state index in [1.165, 1.54) is 12.1 Å². The molecule has 0 N–H and O–H groups in total. The molecule has 1 fully saturated rings. The first kappa shape index (κ1) is 17.6. The summed E-state index contributed by atoms with van der Waals surface area (Å²) in [5.41, 5.74) is 2.20. The normalized spacial score (nSPS) is 15.6. The molecule has 0 atom stereocenters. The van der Waals surface area contributed by atoms with E-state index >= 15 is 0 Å². The van der Waals surface area contributed by atoms with Crippen LogP contribution in [0.15, 0.2) is 30.5 Å². The number of nitrogens with zero attached hydrogens (tertiary/aromatic N) is 3. The Kier molecular flexibility index (Phi) is 5.51. The summed E-state index contributed by atoms with van der Waals surface area (Å²) in [5.74, 6) is 1.70. The second-order valence-corrected chi connectivity index (χ2v) is 6.91. The molecule has 1 aromatic heterocycles. The minimum absolute atomic E-state index is 0.209. The lowest BCUT2D eigenvalue weighted by Crippen LogP contribution is -2.38. The first-order valence-corrected chi connectivity index (χ1v) is 9.10. The number of halogens is 1. The van der Waals surface area contributed by atoms with Crippen LogP contribution in [0.1, 0.15) is 43.3 Å². The number of piperidine rings is 1. The summed E-state index contributed by atoms with van der Waals surface area (Å²) in [6, 6.07) is 6.66. The molecule has 3 rings (SSSR count). The van der Waals surface area contributed by atoms with Crippen molar-refractivity contribution in [2.45, 2.75) is 46.1 Å². The molecule has 2 heterocycles. The fourth-order valence-electron chi connectivity index (χ4n) is 3.53. The van der Waals surface area contributed by atoms with Gasteiger partial charge in [0.15, 0.2) is 0 Å². The quantitative estimate of drug-likeness (QED) is 0.832. The summed E-state index contributed by atoms with van der Waals surface area (Å²) in [6.07, 6.45) is 5.51. The number of aryl methyl sites for hydroxylation is 1. The van der Waals surface area contributed by atoms with E-state index in [9.17, 15) is 9.18 Å². The molecular formula is C20H26FN3O. The highest BCUT2D eigenvalue weighted by atomic mass is 19.1. The number of carbonyl (C=O) groups excluding carboxylic acids is 1. The van der Waals surface area contributed by atoms with Crippen molar-refractivity contribution in [3.05, 3.63) is 53.4 Å². The summed E-state index contributed by atoms with van der Waals surface area (Å²) in [6.45, 7) is 6.41. The monoisotopic (exact) mass is 343 g/mol. The van der Waals surface area contributed by atoms with Gasteiger partial charge in [0.05, 0.1) is 0 Å². The van der Waals surface area contributed by atoms with Gasteiger partial charge in [0.2, 0.25) is 5.91 Å². The van der Waals surface area contributed by atoms with Crippen LogP contribution < -0.4 is 0 Å². The third kappa shape index (κ3) is 4.27. The number of aromatic nitrogens is 2. The Balaban J connectivity index is 1.64. The second kappa shape index (κ2) is 7.81. The molecule has 1 aliphatic rings. The van der Waals surface area contributed by atoms with Gasteiger partial charge in [0.1, 0.15) is 11.6 Å². The maximum Gasteiger partial charge on any atom is 0.222 e. The van der Waals surface area contributed by atoms with Crippen molar-refractivity contribution in [1.82, 2.24) is 14.5 Å². The van der Waals surface area contributed by atoms with E-state index in [2.05, 4.69) is 16.5 Å². The fraction of sp³-hybridized carbons (Fsp3) is 0.500. The highest BCUT2D eigenvalue weighted by Crippen LogP contribution is 2.23. The molecule has 2 aromatic rings. The summed E-state index contributed by atoms with van der Waals surface area (Å²) in [7, 11) is 0. The predicted molar refractivity (Wildman–Crippen MR) is 95.8 cm³/mol. The van der Waals surface area contributed by atoms with Crippen LogP contribution in [-0.2, 0) is 17.8 Å². The third-order valence-electron chi connectivity index (χ3n) is 5.13. The SMILES string of the molecule is CCC(=O)N1CCC(Cc2ncc(C)n2Cc2ccc(F)cc2)CC1. The number of hydrogen-bond donors (Lipinski definition) is 0. The summed E-state index contributed by atoms with van der Waals surface area (Å²) in [5, 5.41) is 0. The standard InChI is InChI=1S/C20H26FN3O/c1-3-20(25)23-10-8-16(9-11-23)12-19-22-13-15(2)24(19)14-17-4-6-18(21)7-5-17/h4-7,13,16H,3,8-12,14H2,1-2H3. The first-order valence-electron chi connectivity index (χ1n) is 9.10. The molecule has 1 saturated heterocycles. The second-order valence-electron chi connectivity index (χ2n) is 6.91. The van der Waals surface area contributed by atoms with E-state index in [0.717, 1.165) is 49.4 Å². The van der Waals surface area contributed by atoms with Gasteiger partial charge < -0.3 is 9.47 Å². The van der Waals surface area contributed by atoms with Gasteiger partial charge in [-0.1, -0.05) is 19.1 Å². The third-order valence-corrected chi connectivity index (χ3v) is 5.13. The van der Waals surface area contributed by atoms with Crippen LogP contribution in [0.2, 0.25) is 0 Å². The van der Waals surface area contributed by atoms with Gasteiger partial charge in [-0.2, -0.15) is 0 Å². The smallest absolute Gasteiger partial charge is 0.222 e. The molecule has 0 radical (unpaired) electrons. The van der Waals surface area contributed by atoms with Gasteiger partial charge in [0, 0.05) is 44.4 Å². The molecule has 0 spiro atoms. The van der Waals surface area contributed by atoms with E-state index in [4.69, 9.17) is 0 Å². The number of rotatable bonds is 5. The Hall–Kier alpha value is -2.17. The highest BCUT2D eigenvalue weighted by molar-refractivity contribution is 5.75. The number of carbonyl (C=O) groups is 1. The largest absolute Gasteiger partial charge is 0.343 e. The number of benzene rings is 1. The van der Waals surface area contributed by atoms with Crippen molar-refractivity contribution in [2.75, 3.05) is 13.1 Å². The van der Waals surface area contributed by atoms with Crippen molar-refractivity contribution in [3.63, 3.8) is 0 Å². The maximum atomic E-state index is 13.1. The van der Waals surface area contributed by atoms with Gasteiger partial charge >= 0.3 is 0 Å². The van der Waals surface area contributed by atoms with Gasteiger partial charge in [-0.3, -0.25) is 4.79 Å². The van der Waals surface area contributed by atoms with E-state index < -0.39 is 0 Å². The maximum absolute atomic E-state index is 13.1. The van der Waals surface area contributed by atoms with Crippen LogP contribution in [0.25, 0.3) is 0 Å². The molecule has 25 heavy (non-hydrogen) atoms. The minimum Gasteiger partial charge on any atom is -0.343 e. The molecular weight excluding hydrogens is 317 g/mol. The van der Waals surface area contributed by atoms with Crippen molar-refractivity contribution in [1.29, 1.82) is 0 Å². The van der Waals surface area contributed by atoms with E-state index in [1.807, 2.05) is 30.2 Å². The zero-order valence-corrected chi connectivity index (χ0v) is 15.0. The van der Waals surface area contributed by atoms with Crippen LogP contribution in [-0.4, -0.2) is 33.4 Å². The summed E-state index contributed by atoms with van der Waals surface area (Å²) in [4.78, 5) is 18.4. The Bertz CT molecular complexity index is 715. The summed E-state index contributed by atoms with van der Waals surface area (Å²) < 4.78 is 15.3. The lowest BCUT2D eigenvalue weighted by atomic mass is 9.93. The molecule has 4 nitrogen and oxygen atoms in total. The zero-order valence-electron chi connectivity index (χ0n) is 15.0. The molecule has 1 amide bonds. The topological polar surface area (TPSA) is 38.1 Å². The molecule has 0 saturated carbocycles. The van der Waals surface area contributed by atoms with Crippen LogP contribution >= 0.6 is 0 Å². The fourth-order valence-corrected chi connectivity index (χ4v) is 3.53. The van der Waals surface area contributed by atoms with Crippen LogP contribution in [0.4, 0.5) is 4.39 Å². The lowest BCUT2D eigenvalue weighted by Gasteiger charge is -2.31. The number of imidazole rings is 1. The summed E-state index contributed by atoms with van der Waals surface area (Å²) >= 11 is 0. The average Bonchev–Trinajstić information content (AvgIpc) is 2.97. The molecule has 0 aliphatic carbocycles. The number of likely N-dealkylation sites (tertiary alicyclic amines) is 1. The van der Waals surface area contributed by atoms with E-state index in [1.54, 1.807) is 0 Å². The van der Waals surface area contributed by atoms with E-state index in [0.29, 0.717) is 18.9 Å². The van der Waals surface area contributed by atoms with Crippen LogP contribution in [0.3, 0.4) is 0 Å².